The molecule has 2 N–H and O–H groups in total. The summed E-state index contributed by atoms with van der Waals surface area (Å²) in [4.78, 5) is 30.9. The second-order valence-corrected chi connectivity index (χ2v) is 4.81. The van der Waals surface area contributed by atoms with Crippen molar-refractivity contribution in [2.45, 2.75) is 26.7 Å². The predicted molar refractivity (Wildman–Crippen MR) is 73.9 cm³/mol. The molecular weight excluding hydrogens is 274 g/mol. The standard InChI is InChI=1S/C13H17N5O3/c1-3-9(4-11(19)20)5-14-12(21)10-6-15-13-16-7-17-18(13)8(10)2/h6-7,9H,3-5H2,1-2H3,(H,14,21)(H,19,20). The maximum Gasteiger partial charge on any atom is 0.303 e. The average molecular weight is 291 g/mol. The van der Waals surface area contributed by atoms with Crippen LogP contribution in [0, 0.1) is 12.8 Å². The second-order valence-electron chi connectivity index (χ2n) is 4.81. The van der Waals surface area contributed by atoms with E-state index in [0.29, 0.717) is 30.0 Å². The van der Waals surface area contributed by atoms with E-state index in [2.05, 4.69) is 20.4 Å². The van der Waals surface area contributed by atoms with Crippen molar-refractivity contribution in [2.75, 3.05) is 6.54 Å². The second kappa shape index (κ2) is 6.29. The van der Waals surface area contributed by atoms with Gasteiger partial charge in [-0.05, 0) is 12.8 Å². The van der Waals surface area contributed by atoms with E-state index in [0.717, 1.165) is 0 Å². The third kappa shape index (κ3) is 3.33. The lowest BCUT2D eigenvalue weighted by Gasteiger charge is -2.14. The molecule has 0 saturated heterocycles. The van der Waals surface area contributed by atoms with Crippen molar-refractivity contribution in [1.29, 1.82) is 0 Å². The quantitative estimate of drug-likeness (QED) is 0.809. The van der Waals surface area contributed by atoms with E-state index < -0.39 is 5.97 Å². The summed E-state index contributed by atoms with van der Waals surface area (Å²) < 4.78 is 1.49. The van der Waals surface area contributed by atoms with Crippen LogP contribution in [0.5, 0.6) is 0 Å². The molecule has 0 aliphatic heterocycles. The molecule has 0 saturated carbocycles. The number of amides is 1. The number of nitrogens with zero attached hydrogens (tertiary/aromatic N) is 4. The minimum Gasteiger partial charge on any atom is -0.481 e. The fourth-order valence-electron chi connectivity index (χ4n) is 2.05. The number of carboxylic acids is 1. The van der Waals surface area contributed by atoms with Gasteiger partial charge in [-0.15, -0.1) is 0 Å². The van der Waals surface area contributed by atoms with Crippen molar-refractivity contribution in [3.05, 3.63) is 23.8 Å². The van der Waals surface area contributed by atoms with Crippen LogP contribution in [0.3, 0.4) is 0 Å². The van der Waals surface area contributed by atoms with Crippen LogP contribution >= 0.6 is 0 Å². The molecule has 2 heterocycles. The van der Waals surface area contributed by atoms with Crippen LogP contribution in [-0.4, -0.2) is 43.1 Å². The highest BCUT2D eigenvalue weighted by Gasteiger charge is 2.16. The summed E-state index contributed by atoms with van der Waals surface area (Å²) in [6, 6.07) is 0. The van der Waals surface area contributed by atoms with E-state index in [-0.39, 0.29) is 18.2 Å². The Morgan fingerprint density at radius 3 is 2.86 bits per heavy atom. The average Bonchev–Trinajstić information content (AvgIpc) is 2.92. The molecule has 1 unspecified atom stereocenters. The van der Waals surface area contributed by atoms with Crippen LogP contribution < -0.4 is 5.32 Å². The first-order valence-corrected chi connectivity index (χ1v) is 6.68. The molecule has 2 aromatic rings. The minimum atomic E-state index is -0.863. The lowest BCUT2D eigenvalue weighted by molar-refractivity contribution is -0.138. The van der Waals surface area contributed by atoms with Crippen molar-refractivity contribution in [1.82, 2.24) is 24.9 Å². The predicted octanol–water partition coefficient (Wildman–Crippen LogP) is 0.663. The maximum atomic E-state index is 12.2. The van der Waals surface area contributed by atoms with Gasteiger partial charge in [-0.2, -0.15) is 10.1 Å². The first-order valence-electron chi connectivity index (χ1n) is 6.68. The Morgan fingerprint density at radius 1 is 1.43 bits per heavy atom. The normalized spacial score (nSPS) is 12.3. The number of carbonyl (C=O) groups is 2. The highest BCUT2D eigenvalue weighted by molar-refractivity contribution is 5.95. The summed E-state index contributed by atoms with van der Waals surface area (Å²) in [7, 11) is 0. The zero-order chi connectivity index (χ0) is 15.4. The van der Waals surface area contributed by atoms with Gasteiger partial charge in [-0.1, -0.05) is 13.3 Å². The van der Waals surface area contributed by atoms with Gasteiger partial charge < -0.3 is 10.4 Å². The van der Waals surface area contributed by atoms with Crippen LogP contribution in [0.2, 0.25) is 0 Å². The Bertz CT molecular complexity index is 667. The molecule has 1 amide bonds. The summed E-state index contributed by atoms with van der Waals surface area (Å²) in [6.07, 6.45) is 3.55. The third-order valence-electron chi connectivity index (χ3n) is 3.38. The van der Waals surface area contributed by atoms with Crippen LogP contribution in [0.4, 0.5) is 0 Å². The summed E-state index contributed by atoms with van der Waals surface area (Å²) in [6.45, 7) is 3.97. The molecule has 0 bridgehead atoms. The van der Waals surface area contributed by atoms with Crippen LogP contribution in [0.1, 0.15) is 35.8 Å². The third-order valence-corrected chi connectivity index (χ3v) is 3.38. The number of hydrogen-bond acceptors (Lipinski definition) is 5. The number of carbonyl (C=O) groups excluding carboxylic acids is 1. The van der Waals surface area contributed by atoms with Gasteiger partial charge >= 0.3 is 5.97 Å². The Balaban J connectivity index is 2.08. The molecular formula is C13H17N5O3. The lowest BCUT2D eigenvalue weighted by Crippen LogP contribution is -2.31. The summed E-state index contributed by atoms with van der Waals surface area (Å²) in [5.41, 5.74) is 1.04. The number of aliphatic carboxylic acids is 1. The number of rotatable bonds is 6. The molecule has 0 aliphatic rings. The zero-order valence-electron chi connectivity index (χ0n) is 11.9. The van der Waals surface area contributed by atoms with Crippen molar-refractivity contribution in [2.24, 2.45) is 5.92 Å². The van der Waals surface area contributed by atoms with Gasteiger partial charge in [0.1, 0.15) is 6.33 Å². The molecule has 2 rings (SSSR count). The monoisotopic (exact) mass is 291 g/mol. The van der Waals surface area contributed by atoms with Gasteiger partial charge in [0.2, 0.25) is 0 Å². The highest BCUT2D eigenvalue weighted by Crippen LogP contribution is 2.10. The molecule has 0 radical (unpaired) electrons. The van der Waals surface area contributed by atoms with Crippen molar-refractivity contribution >= 4 is 17.7 Å². The van der Waals surface area contributed by atoms with Crippen molar-refractivity contribution in [3.8, 4) is 0 Å². The number of aryl methyl sites for hydroxylation is 1. The van der Waals surface area contributed by atoms with Crippen LogP contribution in [-0.2, 0) is 4.79 Å². The van der Waals surface area contributed by atoms with E-state index in [9.17, 15) is 9.59 Å². The molecule has 0 fully saturated rings. The van der Waals surface area contributed by atoms with E-state index >= 15 is 0 Å². The van der Waals surface area contributed by atoms with Gasteiger partial charge in [0.25, 0.3) is 11.7 Å². The molecule has 0 aromatic carbocycles. The van der Waals surface area contributed by atoms with Crippen molar-refractivity contribution in [3.63, 3.8) is 0 Å². The molecule has 8 nitrogen and oxygen atoms in total. The molecule has 0 aliphatic carbocycles. The van der Waals surface area contributed by atoms with Gasteiger partial charge in [-0.3, -0.25) is 9.59 Å². The zero-order valence-corrected chi connectivity index (χ0v) is 11.9. The smallest absolute Gasteiger partial charge is 0.303 e. The van der Waals surface area contributed by atoms with Crippen molar-refractivity contribution < 1.29 is 14.7 Å². The fourth-order valence-corrected chi connectivity index (χ4v) is 2.05. The van der Waals surface area contributed by atoms with Crippen LogP contribution in [0.25, 0.3) is 5.78 Å². The summed E-state index contributed by atoms with van der Waals surface area (Å²) >= 11 is 0. The van der Waals surface area contributed by atoms with E-state index in [4.69, 9.17) is 5.11 Å². The Labute approximate surface area is 121 Å². The first kappa shape index (κ1) is 14.9. The fraction of sp³-hybridized carbons (Fsp3) is 0.462. The Kier molecular flexibility index (Phi) is 4.46. The van der Waals surface area contributed by atoms with Gasteiger partial charge in [0, 0.05) is 19.2 Å². The van der Waals surface area contributed by atoms with Gasteiger partial charge in [0.15, 0.2) is 0 Å². The largest absolute Gasteiger partial charge is 0.481 e. The number of carboxylic acid groups (broad SMARTS) is 1. The number of aromatic nitrogens is 4. The van der Waals surface area contributed by atoms with Gasteiger partial charge in [0.05, 0.1) is 11.3 Å². The topological polar surface area (TPSA) is 109 Å². The summed E-state index contributed by atoms with van der Waals surface area (Å²) in [5.74, 6) is -0.810. The number of fused-ring (bicyclic) bond motifs is 1. The minimum absolute atomic E-state index is 0.0378. The maximum absolute atomic E-state index is 12.2. The summed E-state index contributed by atoms with van der Waals surface area (Å²) in [5, 5.41) is 15.5. The highest BCUT2D eigenvalue weighted by atomic mass is 16.4. The molecule has 8 heteroatoms. The lowest BCUT2D eigenvalue weighted by atomic mass is 10.0. The van der Waals surface area contributed by atoms with E-state index in [1.807, 2.05) is 6.92 Å². The molecule has 112 valence electrons. The first-order chi connectivity index (χ1) is 10.0. The molecule has 2 aromatic heterocycles. The van der Waals surface area contributed by atoms with Gasteiger partial charge in [-0.25, -0.2) is 9.50 Å². The number of hydrogen-bond donors (Lipinski definition) is 2. The molecule has 21 heavy (non-hydrogen) atoms. The van der Waals surface area contributed by atoms with E-state index in [1.165, 1.54) is 17.0 Å². The Hall–Kier alpha value is -2.51. The van der Waals surface area contributed by atoms with Crippen LogP contribution in [0.15, 0.2) is 12.5 Å². The SMILES string of the molecule is CCC(CNC(=O)c1cnc2ncnn2c1C)CC(=O)O. The number of nitrogens with one attached hydrogen (secondary N) is 1. The Morgan fingerprint density at radius 2 is 2.19 bits per heavy atom. The van der Waals surface area contributed by atoms with E-state index in [1.54, 1.807) is 6.92 Å². The molecule has 1 atom stereocenters. The molecule has 0 spiro atoms.